The summed E-state index contributed by atoms with van der Waals surface area (Å²) in [6, 6.07) is 11.3. The molecule has 7 heteroatoms. The number of rotatable bonds is 2. The molecule has 1 aromatic heterocycles. The van der Waals surface area contributed by atoms with Crippen LogP contribution in [-0.2, 0) is 9.53 Å². The van der Waals surface area contributed by atoms with Crippen molar-refractivity contribution < 1.29 is 18.8 Å². The fraction of sp³-hybridized carbons (Fsp3) is 0.421. The van der Waals surface area contributed by atoms with Gasteiger partial charge in [0.25, 0.3) is 5.91 Å². The number of hydrogen-bond donors (Lipinski definition) is 0. The first-order chi connectivity index (χ1) is 12.6. The van der Waals surface area contributed by atoms with Gasteiger partial charge in [0.05, 0.1) is 19.0 Å². The molecule has 0 radical (unpaired) electrons. The molecule has 1 spiro atoms. The van der Waals surface area contributed by atoms with Gasteiger partial charge in [-0.05, 0) is 12.5 Å². The second kappa shape index (κ2) is 5.41. The van der Waals surface area contributed by atoms with Crippen molar-refractivity contribution in [3.05, 3.63) is 53.4 Å². The number of ether oxygens (including phenoxy) is 1. The number of carbonyl (C=O) groups excluding carboxylic acids is 2. The molecule has 0 N–H and O–H groups in total. The highest BCUT2D eigenvalue weighted by Crippen LogP contribution is 2.50. The lowest BCUT2D eigenvalue weighted by atomic mass is 10.1. The van der Waals surface area contributed by atoms with Crippen LogP contribution in [0, 0.1) is 6.92 Å². The molecule has 7 nitrogen and oxygen atoms in total. The summed E-state index contributed by atoms with van der Waals surface area (Å²) < 4.78 is 11.5. The molecule has 0 aliphatic carbocycles. The summed E-state index contributed by atoms with van der Waals surface area (Å²) in [6.07, 6.45) is 0.756. The van der Waals surface area contributed by atoms with E-state index in [0.717, 1.165) is 5.56 Å². The fourth-order valence-corrected chi connectivity index (χ4v) is 4.52. The Hall–Kier alpha value is -2.67. The van der Waals surface area contributed by atoms with Crippen molar-refractivity contribution in [3.63, 3.8) is 0 Å². The Balaban J connectivity index is 1.45. The molecule has 3 aliphatic heterocycles. The number of nitrogens with zero attached hydrogens (tertiary/aromatic N) is 3. The van der Waals surface area contributed by atoms with Crippen LogP contribution in [0.1, 0.15) is 40.8 Å². The molecule has 1 aromatic carbocycles. The zero-order chi connectivity index (χ0) is 17.9. The summed E-state index contributed by atoms with van der Waals surface area (Å²) >= 11 is 0. The minimum absolute atomic E-state index is 0.0438. The molecular formula is C19H19N3O4. The third kappa shape index (κ3) is 2.07. The largest absolute Gasteiger partial charge is 0.361 e. The van der Waals surface area contributed by atoms with Gasteiger partial charge in [-0.2, -0.15) is 0 Å². The molecule has 0 unspecified atom stereocenters. The van der Waals surface area contributed by atoms with Gasteiger partial charge in [-0.3, -0.25) is 9.59 Å². The average Bonchev–Trinajstić information content (AvgIpc) is 3.37. The topological polar surface area (TPSA) is 75.9 Å². The van der Waals surface area contributed by atoms with Crippen molar-refractivity contribution in [3.8, 4) is 0 Å². The van der Waals surface area contributed by atoms with E-state index in [1.54, 1.807) is 17.9 Å². The predicted octanol–water partition coefficient (Wildman–Crippen LogP) is 1.90. The molecule has 3 atom stereocenters. The SMILES string of the molecule is Cc1cc(C(=O)N2CC[C@@]34O[C@@H](c5ccccc5)CN3C(=O)C[C@@H]24)no1. The highest BCUT2D eigenvalue weighted by atomic mass is 16.5. The van der Waals surface area contributed by atoms with Crippen molar-refractivity contribution >= 4 is 11.8 Å². The first kappa shape index (κ1) is 15.6. The van der Waals surface area contributed by atoms with Gasteiger partial charge in [-0.1, -0.05) is 35.5 Å². The maximum atomic E-state index is 12.9. The second-order valence-electron chi connectivity index (χ2n) is 7.16. The molecule has 3 fully saturated rings. The molecule has 26 heavy (non-hydrogen) atoms. The molecular weight excluding hydrogens is 334 g/mol. The minimum atomic E-state index is -0.716. The lowest BCUT2D eigenvalue weighted by Crippen LogP contribution is -2.48. The second-order valence-corrected chi connectivity index (χ2v) is 7.16. The zero-order valence-electron chi connectivity index (χ0n) is 14.4. The molecule has 2 amide bonds. The van der Waals surface area contributed by atoms with E-state index in [2.05, 4.69) is 5.16 Å². The summed E-state index contributed by atoms with van der Waals surface area (Å²) in [7, 11) is 0. The van der Waals surface area contributed by atoms with Gasteiger partial charge in [0.1, 0.15) is 11.9 Å². The Labute approximate surface area is 150 Å². The molecule has 134 valence electrons. The normalized spacial score (nSPS) is 30.0. The molecule has 3 saturated heterocycles. The molecule has 5 rings (SSSR count). The minimum Gasteiger partial charge on any atom is -0.361 e. The van der Waals surface area contributed by atoms with Gasteiger partial charge in [-0.25, -0.2) is 0 Å². The summed E-state index contributed by atoms with van der Waals surface area (Å²) in [5.41, 5.74) is 0.620. The standard InChI is InChI=1S/C19H19N3O4/c1-12-9-14(20-26-12)18(24)21-8-7-19-16(21)10-17(23)22(19)11-15(25-19)13-5-3-2-4-6-13/h2-6,9,15-16H,7-8,10-11H2,1H3/t15-,16-,19+/m1/s1. The monoisotopic (exact) mass is 353 g/mol. The Morgan fingerprint density at radius 2 is 2.12 bits per heavy atom. The molecule has 0 bridgehead atoms. The lowest BCUT2D eigenvalue weighted by molar-refractivity contribution is -0.138. The van der Waals surface area contributed by atoms with Crippen molar-refractivity contribution in [2.75, 3.05) is 13.1 Å². The summed E-state index contributed by atoms with van der Waals surface area (Å²) in [5, 5.41) is 3.83. The number of carbonyl (C=O) groups is 2. The van der Waals surface area contributed by atoms with E-state index < -0.39 is 5.72 Å². The molecule has 4 heterocycles. The van der Waals surface area contributed by atoms with Gasteiger partial charge in [0.15, 0.2) is 11.4 Å². The van der Waals surface area contributed by atoms with Crippen LogP contribution in [0.5, 0.6) is 0 Å². The van der Waals surface area contributed by atoms with Gasteiger partial charge in [0, 0.05) is 19.0 Å². The maximum Gasteiger partial charge on any atom is 0.276 e. The number of hydrogen-bond acceptors (Lipinski definition) is 5. The summed E-state index contributed by atoms with van der Waals surface area (Å²) in [5.74, 6) is 0.431. The van der Waals surface area contributed by atoms with Crippen LogP contribution >= 0.6 is 0 Å². The lowest BCUT2D eigenvalue weighted by Gasteiger charge is -2.31. The average molecular weight is 353 g/mol. The Morgan fingerprint density at radius 1 is 1.31 bits per heavy atom. The van der Waals surface area contributed by atoms with Gasteiger partial charge in [0.2, 0.25) is 5.91 Å². The highest BCUT2D eigenvalue weighted by molar-refractivity contribution is 5.94. The Kier molecular flexibility index (Phi) is 3.24. The van der Waals surface area contributed by atoms with Crippen LogP contribution in [0.4, 0.5) is 0 Å². The highest BCUT2D eigenvalue weighted by Gasteiger charge is 2.65. The van der Waals surface area contributed by atoms with E-state index in [9.17, 15) is 9.59 Å². The number of aryl methyl sites for hydroxylation is 1. The third-order valence-corrected chi connectivity index (χ3v) is 5.71. The number of benzene rings is 1. The zero-order valence-corrected chi connectivity index (χ0v) is 14.4. The van der Waals surface area contributed by atoms with E-state index >= 15 is 0 Å². The van der Waals surface area contributed by atoms with Crippen LogP contribution in [0.2, 0.25) is 0 Å². The van der Waals surface area contributed by atoms with E-state index in [-0.39, 0.29) is 29.7 Å². The Morgan fingerprint density at radius 3 is 2.85 bits per heavy atom. The van der Waals surface area contributed by atoms with Gasteiger partial charge < -0.3 is 19.1 Å². The van der Waals surface area contributed by atoms with Crippen molar-refractivity contribution in [1.29, 1.82) is 0 Å². The fourth-order valence-electron chi connectivity index (χ4n) is 4.52. The van der Waals surface area contributed by atoms with Crippen LogP contribution in [0.25, 0.3) is 0 Å². The van der Waals surface area contributed by atoms with Gasteiger partial charge >= 0.3 is 0 Å². The first-order valence-corrected chi connectivity index (χ1v) is 8.86. The summed E-state index contributed by atoms with van der Waals surface area (Å²) in [6.45, 7) is 2.83. The number of aromatic nitrogens is 1. The smallest absolute Gasteiger partial charge is 0.276 e. The number of likely N-dealkylation sites (tertiary alicyclic amines) is 1. The third-order valence-electron chi connectivity index (χ3n) is 5.71. The Bertz CT molecular complexity index is 880. The van der Waals surface area contributed by atoms with Gasteiger partial charge in [-0.15, -0.1) is 0 Å². The van der Waals surface area contributed by atoms with E-state index in [1.807, 2.05) is 35.2 Å². The first-order valence-electron chi connectivity index (χ1n) is 8.86. The maximum absolute atomic E-state index is 12.9. The molecule has 0 saturated carbocycles. The van der Waals surface area contributed by atoms with Crippen LogP contribution < -0.4 is 0 Å². The van der Waals surface area contributed by atoms with Crippen LogP contribution in [0.3, 0.4) is 0 Å². The van der Waals surface area contributed by atoms with Crippen molar-refractivity contribution in [1.82, 2.24) is 15.0 Å². The molecule has 3 aliphatic rings. The van der Waals surface area contributed by atoms with Crippen molar-refractivity contribution in [2.45, 2.75) is 37.6 Å². The predicted molar refractivity (Wildman–Crippen MR) is 90.0 cm³/mol. The van der Waals surface area contributed by atoms with E-state index in [0.29, 0.717) is 31.7 Å². The molecule has 2 aromatic rings. The van der Waals surface area contributed by atoms with Crippen LogP contribution in [0.15, 0.2) is 40.9 Å². The van der Waals surface area contributed by atoms with Crippen molar-refractivity contribution in [2.24, 2.45) is 0 Å². The number of amides is 2. The van der Waals surface area contributed by atoms with E-state index in [4.69, 9.17) is 9.26 Å². The summed E-state index contributed by atoms with van der Waals surface area (Å²) in [4.78, 5) is 29.0. The van der Waals surface area contributed by atoms with E-state index in [1.165, 1.54) is 0 Å². The quantitative estimate of drug-likeness (QED) is 0.824. The van der Waals surface area contributed by atoms with Crippen LogP contribution in [-0.4, -0.2) is 51.6 Å².